The molecular weight excluding hydrogens is 547 g/mol. The molecule has 0 saturated carbocycles. The fourth-order valence-electron chi connectivity index (χ4n) is 3.87. The molecule has 5 rings (SSSR count). The lowest BCUT2D eigenvalue weighted by molar-refractivity contribution is -0.118. The van der Waals surface area contributed by atoms with Gasteiger partial charge in [-0.15, -0.1) is 0 Å². The first-order valence-corrected chi connectivity index (χ1v) is 14.8. The zero-order chi connectivity index (χ0) is 26.5. The molecule has 3 aromatic carbocycles. The maximum atomic E-state index is 13.4. The standard InChI is InChI=1S/C27H24ClFN4O3S2/c1-2-35-25-11-22-20(10-23(25)33-27(34)17-13-37-38-14-17)26(31-15-30-22)32-19-6-7-24(21(28)9-19)36-12-16-4-3-5-18(29)8-16/h3-11,15,17H,2,12-14H2,1H3,(H,33,34)(H,30,31,32). The lowest BCUT2D eigenvalue weighted by atomic mass is 10.1. The maximum Gasteiger partial charge on any atom is 0.229 e. The van der Waals surface area contributed by atoms with E-state index >= 15 is 0 Å². The average Bonchev–Trinajstić information content (AvgIpc) is 3.45. The summed E-state index contributed by atoms with van der Waals surface area (Å²) in [4.78, 5) is 21.6. The summed E-state index contributed by atoms with van der Waals surface area (Å²) in [6.07, 6.45) is 1.46. The molecule has 1 saturated heterocycles. The van der Waals surface area contributed by atoms with Gasteiger partial charge in [0.25, 0.3) is 0 Å². The van der Waals surface area contributed by atoms with Crippen LogP contribution < -0.4 is 20.1 Å². The quantitative estimate of drug-likeness (QED) is 0.206. The van der Waals surface area contributed by atoms with E-state index < -0.39 is 0 Å². The first-order chi connectivity index (χ1) is 18.5. The maximum absolute atomic E-state index is 13.4. The molecule has 38 heavy (non-hydrogen) atoms. The second-order valence-corrected chi connectivity index (χ2v) is 11.4. The topological polar surface area (TPSA) is 85.4 Å². The Kier molecular flexibility index (Phi) is 8.41. The number of hydrogen-bond donors (Lipinski definition) is 2. The molecule has 4 aromatic rings. The van der Waals surface area contributed by atoms with E-state index in [0.29, 0.717) is 56.8 Å². The molecule has 196 valence electrons. The van der Waals surface area contributed by atoms with Crippen molar-refractivity contribution in [3.05, 3.63) is 77.3 Å². The lowest BCUT2D eigenvalue weighted by Crippen LogP contribution is -2.24. The van der Waals surface area contributed by atoms with Crippen LogP contribution in [0.1, 0.15) is 12.5 Å². The molecule has 1 fully saturated rings. The Labute approximate surface area is 232 Å². The molecule has 1 aliphatic rings. The molecule has 7 nitrogen and oxygen atoms in total. The van der Waals surface area contributed by atoms with Crippen LogP contribution in [0.25, 0.3) is 10.9 Å². The summed E-state index contributed by atoms with van der Waals surface area (Å²) in [5.41, 5.74) is 2.63. The van der Waals surface area contributed by atoms with E-state index in [1.165, 1.54) is 18.5 Å². The van der Waals surface area contributed by atoms with Gasteiger partial charge in [0.1, 0.15) is 36.1 Å². The average molecular weight is 571 g/mol. The minimum atomic E-state index is -0.318. The highest BCUT2D eigenvalue weighted by atomic mass is 35.5. The van der Waals surface area contributed by atoms with E-state index in [4.69, 9.17) is 21.1 Å². The molecular formula is C27H24ClFN4O3S2. The van der Waals surface area contributed by atoms with Gasteiger partial charge in [-0.1, -0.05) is 45.3 Å². The highest BCUT2D eigenvalue weighted by Crippen LogP contribution is 2.38. The number of fused-ring (bicyclic) bond motifs is 1. The van der Waals surface area contributed by atoms with Gasteiger partial charge in [-0.2, -0.15) is 0 Å². The van der Waals surface area contributed by atoms with Crippen LogP contribution in [0.15, 0.2) is 60.9 Å². The van der Waals surface area contributed by atoms with Crippen molar-refractivity contribution in [2.75, 3.05) is 28.7 Å². The third-order valence-electron chi connectivity index (χ3n) is 5.76. The summed E-state index contributed by atoms with van der Waals surface area (Å²) in [5, 5.41) is 7.42. The summed E-state index contributed by atoms with van der Waals surface area (Å²) in [7, 11) is 3.41. The van der Waals surface area contributed by atoms with Gasteiger partial charge in [-0.25, -0.2) is 14.4 Å². The van der Waals surface area contributed by atoms with Crippen molar-refractivity contribution in [3.8, 4) is 11.5 Å². The fraction of sp³-hybridized carbons (Fsp3) is 0.222. The van der Waals surface area contributed by atoms with Gasteiger partial charge in [0.05, 0.1) is 28.8 Å². The van der Waals surface area contributed by atoms with E-state index in [1.54, 1.807) is 51.9 Å². The van der Waals surface area contributed by atoms with E-state index in [9.17, 15) is 9.18 Å². The van der Waals surface area contributed by atoms with Crippen molar-refractivity contribution in [1.29, 1.82) is 0 Å². The molecule has 2 heterocycles. The number of carbonyl (C=O) groups excluding carboxylic acids is 1. The molecule has 0 bridgehead atoms. The minimum absolute atomic E-state index is 0.0326. The Morgan fingerprint density at radius 1 is 1.08 bits per heavy atom. The van der Waals surface area contributed by atoms with Crippen molar-refractivity contribution in [2.24, 2.45) is 5.92 Å². The Balaban J connectivity index is 1.37. The van der Waals surface area contributed by atoms with Crippen LogP contribution in [0.3, 0.4) is 0 Å². The predicted octanol–water partition coefficient (Wildman–Crippen LogP) is 7.09. The third-order valence-corrected chi connectivity index (χ3v) is 8.62. The first kappa shape index (κ1) is 26.4. The number of carbonyl (C=O) groups is 1. The zero-order valence-electron chi connectivity index (χ0n) is 20.4. The molecule has 11 heteroatoms. The number of benzene rings is 3. The van der Waals surface area contributed by atoms with E-state index in [-0.39, 0.29) is 24.2 Å². The van der Waals surface area contributed by atoms with Crippen LogP contribution >= 0.6 is 33.2 Å². The molecule has 1 aromatic heterocycles. The third kappa shape index (κ3) is 6.25. The van der Waals surface area contributed by atoms with Crippen LogP contribution in [-0.2, 0) is 11.4 Å². The van der Waals surface area contributed by atoms with Crippen LogP contribution in [0.2, 0.25) is 5.02 Å². The number of aromatic nitrogens is 2. The van der Waals surface area contributed by atoms with E-state index in [1.807, 2.05) is 19.1 Å². The van der Waals surface area contributed by atoms with Crippen molar-refractivity contribution in [3.63, 3.8) is 0 Å². The molecule has 0 unspecified atom stereocenters. The number of hydrogen-bond acceptors (Lipinski definition) is 8. The zero-order valence-corrected chi connectivity index (χ0v) is 22.8. The summed E-state index contributed by atoms with van der Waals surface area (Å²) in [5.74, 6) is 2.74. The van der Waals surface area contributed by atoms with Gasteiger partial charge < -0.3 is 20.1 Å². The smallest absolute Gasteiger partial charge is 0.229 e. The molecule has 0 spiro atoms. The molecule has 0 radical (unpaired) electrons. The van der Waals surface area contributed by atoms with Gasteiger partial charge in [0, 0.05) is 28.6 Å². The Bertz CT molecular complexity index is 1470. The van der Waals surface area contributed by atoms with E-state index in [2.05, 4.69) is 20.6 Å². The summed E-state index contributed by atoms with van der Waals surface area (Å²) < 4.78 is 25.0. The van der Waals surface area contributed by atoms with Gasteiger partial charge >= 0.3 is 0 Å². The minimum Gasteiger partial charge on any atom is -0.492 e. The number of rotatable bonds is 9. The number of halogens is 2. The molecule has 0 aliphatic carbocycles. The highest BCUT2D eigenvalue weighted by Gasteiger charge is 2.25. The van der Waals surface area contributed by atoms with Crippen LogP contribution in [0.5, 0.6) is 11.5 Å². The molecule has 1 aliphatic heterocycles. The Morgan fingerprint density at radius 3 is 2.68 bits per heavy atom. The first-order valence-electron chi connectivity index (χ1n) is 11.9. The SMILES string of the molecule is CCOc1cc2ncnc(Nc3ccc(OCc4cccc(F)c4)c(Cl)c3)c2cc1NC(=O)C1CSSC1. The fourth-order valence-corrected chi connectivity index (χ4v) is 6.88. The van der Waals surface area contributed by atoms with Crippen LogP contribution in [0.4, 0.5) is 21.6 Å². The largest absolute Gasteiger partial charge is 0.492 e. The monoisotopic (exact) mass is 570 g/mol. The van der Waals surface area contributed by atoms with Gasteiger partial charge in [-0.3, -0.25) is 4.79 Å². The van der Waals surface area contributed by atoms with Crippen molar-refractivity contribution < 1.29 is 18.7 Å². The highest BCUT2D eigenvalue weighted by molar-refractivity contribution is 8.77. The Morgan fingerprint density at radius 2 is 1.92 bits per heavy atom. The number of anilines is 3. The second kappa shape index (κ2) is 12.1. The van der Waals surface area contributed by atoms with Crippen molar-refractivity contribution >= 4 is 67.2 Å². The number of nitrogens with one attached hydrogen (secondary N) is 2. The summed E-state index contributed by atoms with van der Waals surface area (Å²) in [6.45, 7) is 2.53. The van der Waals surface area contributed by atoms with Gasteiger partial charge in [0.2, 0.25) is 5.91 Å². The lowest BCUT2D eigenvalue weighted by Gasteiger charge is -2.16. The van der Waals surface area contributed by atoms with Crippen LogP contribution in [0, 0.1) is 11.7 Å². The molecule has 2 N–H and O–H groups in total. The number of ether oxygens (including phenoxy) is 2. The number of amides is 1. The Hall–Kier alpha value is -3.21. The van der Waals surface area contributed by atoms with Gasteiger partial charge in [0.15, 0.2) is 0 Å². The van der Waals surface area contributed by atoms with Gasteiger partial charge in [-0.05, 0) is 48.9 Å². The van der Waals surface area contributed by atoms with Crippen molar-refractivity contribution in [2.45, 2.75) is 13.5 Å². The summed E-state index contributed by atoms with van der Waals surface area (Å²) >= 11 is 6.47. The summed E-state index contributed by atoms with van der Waals surface area (Å²) in [6, 6.07) is 15.1. The second-order valence-electron chi connectivity index (χ2n) is 8.46. The van der Waals surface area contributed by atoms with E-state index in [0.717, 1.165) is 11.5 Å². The number of nitrogens with zero attached hydrogens (tertiary/aromatic N) is 2. The normalized spacial score (nSPS) is 13.4. The predicted molar refractivity (Wildman–Crippen MR) is 153 cm³/mol. The molecule has 0 atom stereocenters. The molecule has 1 amide bonds. The van der Waals surface area contributed by atoms with Crippen LogP contribution in [-0.4, -0.2) is 34.0 Å². The van der Waals surface area contributed by atoms with Crippen molar-refractivity contribution in [1.82, 2.24) is 9.97 Å².